The third-order valence-electron chi connectivity index (χ3n) is 6.31. The van der Waals surface area contributed by atoms with Crippen LogP contribution in [0.25, 0.3) is 11.1 Å². The van der Waals surface area contributed by atoms with Crippen molar-refractivity contribution in [2.75, 3.05) is 19.1 Å². The van der Waals surface area contributed by atoms with E-state index in [0.717, 1.165) is 28.8 Å². The first-order chi connectivity index (χ1) is 17.8. The highest BCUT2D eigenvalue weighted by Gasteiger charge is 2.38. The molecule has 0 radical (unpaired) electrons. The van der Waals surface area contributed by atoms with Crippen LogP contribution >= 0.6 is 0 Å². The summed E-state index contributed by atoms with van der Waals surface area (Å²) in [7, 11) is 2.81. The third-order valence-corrected chi connectivity index (χ3v) is 6.31. The van der Waals surface area contributed by atoms with Crippen LogP contribution < -0.4 is 14.4 Å². The van der Waals surface area contributed by atoms with Gasteiger partial charge >= 0.3 is 12.1 Å². The normalized spacial score (nSPS) is 15.4. The molecule has 4 aromatic rings. The minimum atomic E-state index is -4.52. The number of anilines is 1. The summed E-state index contributed by atoms with van der Waals surface area (Å²) in [6.45, 7) is 0.493. The molecule has 2 heterocycles. The second-order valence-electron chi connectivity index (χ2n) is 8.56. The number of carbonyl (C=O) groups excluding carboxylic acids is 1. The first-order valence-corrected chi connectivity index (χ1v) is 11.5. The van der Waals surface area contributed by atoms with Gasteiger partial charge in [0.15, 0.2) is 17.1 Å². The molecule has 0 saturated carbocycles. The zero-order valence-electron chi connectivity index (χ0n) is 20.0. The number of methoxy groups -OCH3 is 2. The smallest absolute Gasteiger partial charge is 0.416 e. The summed E-state index contributed by atoms with van der Waals surface area (Å²) in [5.74, 6) is 0.499. The van der Waals surface area contributed by atoms with Gasteiger partial charge in [0.2, 0.25) is 0 Å². The van der Waals surface area contributed by atoms with Crippen molar-refractivity contribution in [3.05, 3.63) is 82.9 Å². The molecule has 1 aromatic heterocycles. The predicted molar refractivity (Wildman–Crippen MR) is 128 cm³/mol. The molecule has 0 bridgehead atoms. The molecule has 10 heteroatoms. The van der Waals surface area contributed by atoms with Crippen molar-refractivity contribution >= 4 is 23.1 Å². The van der Waals surface area contributed by atoms with Crippen molar-refractivity contribution in [2.24, 2.45) is 0 Å². The Morgan fingerprint density at radius 3 is 2.59 bits per heavy atom. The summed E-state index contributed by atoms with van der Waals surface area (Å²) in [6, 6.07) is 15.5. The fraction of sp³-hybridized carbons (Fsp3) is 0.259. The first-order valence-electron chi connectivity index (χ1n) is 11.5. The summed E-state index contributed by atoms with van der Waals surface area (Å²) in [4.78, 5) is 18.8. The number of fused-ring (bicyclic) bond motifs is 2. The quantitative estimate of drug-likeness (QED) is 0.314. The fourth-order valence-electron chi connectivity index (χ4n) is 4.42. The van der Waals surface area contributed by atoms with Gasteiger partial charge < -0.3 is 23.5 Å². The van der Waals surface area contributed by atoms with Gasteiger partial charge in [0.1, 0.15) is 18.2 Å². The Morgan fingerprint density at radius 1 is 1.11 bits per heavy atom. The van der Waals surface area contributed by atoms with E-state index in [9.17, 15) is 18.0 Å². The monoisotopic (exact) mass is 512 g/mol. The van der Waals surface area contributed by atoms with E-state index >= 15 is 0 Å². The minimum absolute atomic E-state index is 0.0259. The maximum atomic E-state index is 13.2. The van der Waals surface area contributed by atoms with Gasteiger partial charge in [-0.05, 0) is 35.4 Å². The highest BCUT2D eigenvalue weighted by molar-refractivity contribution is 5.82. The largest absolute Gasteiger partial charge is 0.493 e. The van der Waals surface area contributed by atoms with E-state index in [0.29, 0.717) is 18.1 Å². The Hall–Kier alpha value is -4.21. The minimum Gasteiger partial charge on any atom is -0.493 e. The number of esters is 1. The molecule has 37 heavy (non-hydrogen) atoms. The van der Waals surface area contributed by atoms with Crippen molar-refractivity contribution < 1.29 is 36.6 Å². The lowest BCUT2D eigenvalue weighted by Gasteiger charge is -2.35. The zero-order chi connectivity index (χ0) is 26.2. The second-order valence-corrected chi connectivity index (χ2v) is 8.56. The van der Waals surface area contributed by atoms with Crippen LogP contribution in [-0.4, -0.2) is 31.2 Å². The number of oxazole rings is 1. The van der Waals surface area contributed by atoms with Gasteiger partial charge in [0, 0.05) is 18.5 Å². The lowest BCUT2D eigenvalue weighted by atomic mass is 9.92. The first kappa shape index (κ1) is 24.5. The molecule has 1 aliphatic rings. The molecule has 5 rings (SSSR count). The number of hydrogen-bond acceptors (Lipinski definition) is 7. The van der Waals surface area contributed by atoms with Gasteiger partial charge in [0.25, 0.3) is 6.01 Å². The topological polar surface area (TPSA) is 74.0 Å². The Labute approximate surface area is 210 Å². The van der Waals surface area contributed by atoms with Crippen LogP contribution in [0.1, 0.15) is 22.3 Å². The number of ether oxygens (including phenoxy) is 3. The standard InChI is InChI=1S/C27H23F3N2O5/c1-34-22-11-8-17-14-32(26-31-20-10-9-18(27(28,29)30)12-23(20)37-26)21(25(33)35-2)13-19(17)24(22)36-15-16-6-4-3-5-7-16/h3-12,21H,13-15H2,1-2H3. The Morgan fingerprint density at radius 2 is 1.89 bits per heavy atom. The van der Waals surface area contributed by atoms with Gasteiger partial charge in [-0.1, -0.05) is 36.4 Å². The van der Waals surface area contributed by atoms with E-state index in [-0.39, 0.29) is 30.1 Å². The molecule has 1 atom stereocenters. The van der Waals surface area contributed by atoms with E-state index in [2.05, 4.69) is 4.98 Å². The lowest BCUT2D eigenvalue weighted by Crippen LogP contribution is -2.46. The number of alkyl halides is 3. The molecule has 0 spiro atoms. The second kappa shape index (κ2) is 9.68. The van der Waals surface area contributed by atoms with E-state index in [4.69, 9.17) is 18.6 Å². The highest BCUT2D eigenvalue weighted by atomic mass is 19.4. The van der Waals surface area contributed by atoms with Crippen molar-refractivity contribution in [1.82, 2.24) is 4.98 Å². The molecule has 1 aliphatic heterocycles. The van der Waals surface area contributed by atoms with Gasteiger partial charge in [0.05, 0.1) is 19.8 Å². The molecule has 0 saturated heterocycles. The van der Waals surface area contributed by atoms with E-state index in [1.54, 1.807) is 11.0 Å². The maximum Gasteiger partial charge on any atom is 0.416 e. The molecule has 3 aromatic carbocycles. The number of halogens is 3. The average Bonchev–Trinajstić information content (AvgIpc) is 3.34. The van der Waals surface area contributed by atoms with Crippen molar-refractivity contribution in [3.8, 4) is 11.5 Å². The van der Waals surface area contributed by atoms with Crippen molar-refractivity contribution in [3.63, 3.8) is 0 Å². The van der Waals surface area contributed by atoms with E-state index in [1.165, 1.54) is 20.3 Å². The van der Waals surface area contributed by atoms with E-state index in [1.807, 2.05) is 36.4 Å². The molecule has 0 fully saturated rings. The average molecular weight is 512 g/mol. The molecular weight excluding hydrogens is 489 g/mol. The molecule has 7 nitrogen and oxygen atoms in total. The summed E-state index contributed by atoms with van der Waals surface area (Å²) >= 11 is 0. The summed E-state index contributed by atoms with van der Waals surface area (Å²) in [5.41, 5.74) is 1.96. The summed E-state index contributed by atoms with van der Waals surface area (Å²) < 4.78 is 62.0. The highest BCUT2D eigenvalue weighted by Crippen LogP contribution is 2.41. The molecular formula is C27H23F3N2O5. The van der Waals surface area contributed by atoms with Crippen molar-refractivity contribution in [1.29, 1.82) is 0 Å². The number of nitrogens with zero attached hydrogens (tertiary/aromatic N) is 2. The molecule has 0 aliphatic carbocycles. The number of benzene rings is 3. The Kier molecular flexibility index (Phi) is 6.41. The van der Waals surface area contributed by atoms with Crippen LogP contribution in [0, 0.1) is 0 Å². The third kappa shape index (κ3) is 4.78. The zero-order valence-corrected chi connectivity index (χ0v) is 20.0. The van der Waals surface area contributed by atoms with Crippen LogP contribution in [0.2, 0.25) is 0 Å². The van der Waals surface area contributed by atoms with Gasteiger partial charge in [-0.15, -0.1) is 0 Å². The molecule has 1 unspecified atom stereocenters. The molecule has 0 N–H and O–H groups in total. The van der Waals surface area contributed by atoms with Crippen LogP contribution in [-0.2, 0) is 35.3 Å². The molecule has 0 amide bonds. The van der Waals surface area contributed by atoms with Crippen LogP contribution in [0.5, 0.6) is 11.5 Å². The number of rotatable bonds is 6. The van der Waals surface area contributed by atoms with Gasteiger partial charge in [-0.3, -0.25) is 0 Å². The van der Waals surface area contributed by atoms with Crippen LogP contribution in [0.15, 0.2) is 65.1 Å². The van der Waals surface area contributed by atoms with Crippen LogP contribution in [0.3, 0.4) is 0 Å². The van der Waals surface area contributed by atoms with E-state index < -0.39 is 23.8 Å². The van der Waals surface area contributed by atoms with Gasteiger partial charge in [-0.2, -0.15) is 18.2 Å². The van der Waals surface area contributed by atoms with Gasteiger partial charge in [-0.25, -0.2) is 4.79 Å². The molecule has 192 valence electrons. The van der Waals surface area contributed by atoms with Crippen LogP contribution in [0.4, 0.5) is 19.2 Å². The lowest BCUT2D eigenvalue weighted by molar-refractivity contribution is -0.142. The number of carbonyl (C=O) groups is 1. The summed E-state index contributed by atoms with van der Waals surface area (Å²) in [5, 5.41) is 0. The number of hydrogen-bond donors (Lipinski definition) is 0. The Bertz CT molecular complexity index is 1440. The fourth-order valence-corrected chi connectivity index (χ4v) is 4.42. The Balaban J connectivity index is 1.52. The number of aromatic nitrogens is 1. The van der Waals surface area contributed by atoms with Crippen molar-refractivity contribution in [2.45, 2.75) is 31.8 Å². The summed E-state index contributed by atoms with van der Waals surface area (Å²) in [6.07, 6.45) is -4.33. The SMILES string of the molecule is COC(=O)C1Cc2c(ccc(OC)c2OCc2ccccc2)CN1c1nc2ccc(C(F)(F)F)cc2o1. The predicted octanol–water partition coefficient (Wildman–Crippen LogP) is 5.54. The maximum absolute atomic E-state index is 13.2.